The molecule has 0 spiro atoms. The smallest absolute Gasteiger partial charge is 0.244 e. The van der Waals surface area contributed by atoms with Crippen LogP contribution in [0.1, 0.15) is 25.3 Å². The summed E-state index contributed by atoms with van der Waals surface area (Å²) in [6.45, 7) is 4.20. The summed E-state index contributed by atoms with van der Waals surface area (Å²) in [6.07, 6.45) is 5.85. The number of carbonyl (C=O) groups is 1. The molecule has 0 aliphatic carbocycles. The number of amides is 1. The number of nitrogens with one attached hydrogen (secondary N) is 2. The highest BCUT2D eigenvalue weighted by Crippen LogP contribution is 2.14. The van der Waals surface area contributed by atoms with Gasteiger partial charge in [-0.2, -0.15) is 0 Å². The summed E-state index contributed by atoms with van der Waals surface area (Å²) in [4.78, 5) is 11.9. The third-order valence-electron chi connectivity index (χ3n) is 3.64. The fourth-order valence-corrected chi connectivity index (χ4v) is 2.43. The Bertz CT molecular complexity index is 422. The molecule has 2 rings (SSSR count). The zero-order valence-electron chi connectivity index (χ0n) is 11.4. The lowest BCUT2D eigenvalue weighted by molar-refractivity contribution is -0.117. The average Bonchev–Trinajstić information content (AvgIpc) is 2.47. The van der Waals surface area contributed by atoms with Gasteiger partial charge in [0, 0.05) is 12.1 Å². The Morgan fingerprint density at radius 2 is 2.21 bits per heavy atom. The Morgan fingerprint density at radius 1 is 1.42 bits per heavy atom. The Morgan fingerprint density at radius 3 is 2.89 bits per heavy atom. The largest absolute Gasteiger partial charge is 0.350 e. The first-order chi connectivity index (χ1) is 9.25. The predicted octanol–water partition coefficient (Wildman–Crippen LogP) is 2.20. The molecule has 0 radical (unpaired) electrons. The van der Waals surface area contributed by atoms with E-state index in [1.165, 1.54) is 12.8 Å². The number of hydrogen-bond donors (Lipinski definition) is 2. The number of piperidine rings is 1. The molecule has 1 aromatic rings. The molecule has 0 saturated carbocycles. The Kier molecular flexibility index (Phi) is 5.16. The molecule has 1 aromatic carbocycles. The van der Waals surface area contributed by atoms with Crippen molar-refractivity contribution in [1.29, 1.82) is 0 Å². The van der Waals surface area contributed by atoms with Crippen molar-refractivity contribution in [1.82, 2.24) is 10.6 Å². The van der Waals surface area contributed by atoms with Gasteiger partial charge in [0.05, 0.1) is 0 Å². The quantitative estimate of drug-likeness (QED) is 0.813. The van der Waals surface area contributed by atoms with E-state index in [9.17, 15) is 4.79 Å². The van der Waals surface area contributed by atoms with Gasteiger partial charge in [0.25, 0.3) is 0 Å². The molecule has 102 valence electrons. The highest BCUT2D eigenvalue weighted by atomic mass is 16.1. The van der Waals surface area contributed by atoms with Crippen LogP contribution in [0.2, 0.25) is 0 Å². The fourth-order valence-electron chi connectivity index (χ4n) is 2.43. The van der Waals surface area contributed by atoms with Crippen LogP contribution in [-0.4, -0.2) is 25.0 Å². The molecule has 2 atom stereocenters. The van der Waals surface area contributed by atoms with Crippen LogP contribution in [0.5, 0.6) is 0 Å². The summed E-state index contributed by atoms with van der Waals surface area (Å²) in [7, 11) is 0. The molecule has 0 bridgehead atoms. The summed E-state index contributed by atoms with van der Waals surface area (Å²) < 4.78 is 0. The highest BCUT2D eigenvalue weighted by Gasteiger charge is 2.20. The van der Waals surface area contributed by atoms with E-state index in [1.54, 1.807) is 6.08 Å². The molecule has 1 amide bonds. The van der Waals surface area contributed by atoms with Crippen LogP contribution in [0.15, 0.2) is 36.4 Å². The average molecular weight is 258 g/mol. The second kappa shape index (κ2) is 7.10. The maximum atomic E-state index is 11.9. The van der Waals surface area contributed by atoms with Gasteiger partial charge in [0.15, 0.2) is 0 Å². The van der Waals surface area contributed by atoms with E-state index in [1.807, 2.05) is 36.4 Å². The van der Waals surface area contributed by atoms with Gasteiger partial charge in [-0.05, 0) is 50.4 Å². The molecule has 0 aromatic heterocycles. The molecule has 2 N–H and O–H groups in total. The van der Waals surface area contributed by atoms with Crippen LogP contribution < -0.4 is 10.6 Å². The fraction of sp³-hybridized carbons (Fsp3) is 0.438. The molecule has 3 nitrogen and oxygen atoms in total. The Balaban J connectivity index is 1.82. The molecule has 3 heteroatoms. The zero-order valence-corrected chi connectivity index (χ0v) is 11.4. The predicted molar refractivity (Wildman–Crippen MR) is 78.7 cm³/mol. The Hall–Kier alpha value is -1.61. The van der Waals surface area contributed by atoms with E-state index in [4.69, 9.17) is 0 Å². The van der Waals surface area contributed by atoms with Crippen LogP contribution in [0.25, 0.3) is 6.08 Å². The second-order valence-electron chi connectivity index (χ2n) is 5.15. The maximum absolute atomic E-state index is 11.9. The lowest BCUT2D eigenvalue weighted by Crippen LogP contribution is -2.44. The van der Waals surface area contributed by atoms with E-state index in [2.05, 4.69) is 17.6 Å². The molecule has 2 unspecified atom stereocenters. The molecule has 1 saturated heterocycles. The number of carbonyl (C=O) groups excluding carboxylic acids is 1. The van der Waals surface area contributed by atoms with E-state index >= 15 is 0 Å². The summed E-state index contributed by atoms with van der Waals surface area (Å²) in [6, 6.07) is 10.1. The van der Waals surface area contributed by atoms with Gasteiger partial charge in [0.1, 0.15) is 0 Å². The minimum absolute atomic E-state index is 0.0121. The maximum Gasteiger partial charge on any atom is 0.244 e. The Labute approximate surface area is 115 Å². The standard InChI is InChI=1S/C16H22N2O/c1-13(15-8-5-11-17-12-15)18-16(19)10-9-14-6-3-2-4-7-14/h2-4,6-7,9-10,13,15,17H,5,8,11-12H2,1H3,(H,18,19). The summed E-state index contributed by atoms with van der Waals surface area (Å²) in [5.41, 5.74) is 1.05. The van der Waals surface area contributed by atoms with Crippen LogP contribution in [0.4, 0.5) is 0 Å². The van der Waals surface area contributed by atoms with Crippen molar-refractivity contribution in [2.45, 2.75) is 25.8 Å². The lowest BCUT2D eigenvalue weighted by atomic mass is 9.93. The van der Waals surface area contributed by atoms with Gasteiger partial charge in [-0.25, -0.2) is 0 Å². The lowest BCUT2D eigenvalue weighted by Gasteiger charge is -2.28. The van der Waals surface area contributed by atoms with Crippen LogP contribution in [0.3, 0.4) is 0 Å². The molecule has 19 heavy (non-hydrogen) atoms. The molecule has 1 aliphatic rings. The van der Waals surface area contributed by atoms with Crippen molar-refractivity contribution in [3.63, 3.8) is 0 Å². The van der Waals surface area contributed by atoms with Gasteiger partial charge in [0.2, 0.25) is 5.91 Å². The number of hydrogen-bond acceptors (Lipinski definition) is 2. The first-order valence-electron chi connectivity index (χ1n) is 7.00. The third kappa shape index (κ3) is 4.52. The monoisotopic (exact) mass is 258 g/mol. The second-order valence-corrected chi connectivity index (χ2v) is 5.15. The summed E-state index contributed by atoms with van der Waals surface area (Å²) in [5.74, 6) is 0.532. The normalized spacial score (nSPS) is 21.2. The van der Waals surface area contributed by atoms with E-state index in [0.717, 1.165) is 18.7 Å². The van der Waals surface area contributed by atoms with Crippen LogP contribution in [-0.2, 0) is 4.79 Å². The first kappa shape index (κ1) is 13.8. The summed E-state index contributed by atoms with van der Waals surface area (Å²) >= 11 is 0. The van der Waals surface area contributed by atoms with Crippen LogP contribution in [0, 0.1) is 5.92 Å². The molecular formula is C16H22N2O. The van der Waals surface area contributed by atoms with Gasteiger partial charge in [-0.15, -0.1) is 0 Å². The molecule has 1 fully saturated rings. The van der Waals surface area contributed by atoms with Crippen molar-refractivity contribution in [3.8, 4) is 0 Å². The molecular weight excluding hydrogens is 236 g/mol. The van der Waals surface area contributed by atoms with Gasteiger partial charge in [-0.3, -0.25) is 4.79 Å². The van der Waals surface area contributed by atoms with Gasteiger partial charge in [-0.1, -0.05) is 30.3 Å². The van der Waals surface area contributed by atoms with Crippen molar-refractivity contribution in [2.75, 3.05) is 13.1 Å². The third-order valence-corrected chi connectivity index (χ3v) is 3.64. The zero-order chi connectivity index (χ0) is 13.5. The van der Waals surface area contributed by atoms with Crippen molar-refractivity contribution in [3.05, 3.63) is 42.0 Å². The minimum Gasteiger partial charge on any atom is -0.350 e. The number of benzene rings is 1. The van der Waals surface area contributed by atoms with Crippen LogP contribution >= 0.6 is 0 Å². The minimum atomic E-state index is -0.0121. The highest BCUT2D eigenvalue weighted by molar-refractivity contribution is 5.91. The molecule has 1 aliphatic heterocycles. The van der Waals surface area contributed by atoms with Gasteiger partial charge >= 0.3 is 0 Å². The van der Waals surface area contributed by atoms with Crippen molar-refractivity contribution in [2.24, 2.45) is 5.92 Å². The molecule has 1 heterocycles. The topological polar surface area (TPSA) is 41.1 Å². The summed E-state index contributed by atoms with van der Waals surface area (Å²) in [5, 5.41) is 6.43. The van der Waals surface area contributed by atoms with Crippen molar-refractivity contribution < 1.29 is 4.79 Å². The first-order valence-corrected chi connectivity index (χ1v) is 7.00. The van der Waals surface area contributed by atoms with E-state index < -0.39 is 0 Å². The van der Waals surface area contributed by atoms with E-state index in [-0.39, 0.29) is 11.9 Å². The SMILES string of the molecule is CC(NC(=O)C=Cc1ccccc1)C1CCCNC1. The van der Waals surface area contributed by atoms with E-state index in [0.29, 0.717) is 5.92 Å². The van der Waals surface area contributed by atoms with Gasteiger partial charge < -0.3 is 10.6 Å². The number of rotatable bonds is 4. The van der Waals surface area contributed by atoms with Crippen molar-refractivity contribution >= 4 is 12.0 Å².